The first-order chi connectivity index (χ1) is 13.6. The molecule has 1 spiro atoms. The van der Waals surface area contributed by atoms with Crippen molar-refractivity contribution in [3.05, 3.63) is 34.9 Å². The number of carbonyl (C=O) groups is 2. The van der Waals surface area contributed by atoms with Gasteiger partial charge >= 0.3 is 12.1 Å². The van der Waals surface area contributed by atoms with Gasteiger partial charge in [0.2, 0.25) is 5.91 Å². The lowest BCUT2D eigenvalue weighted by Crippen LogP contribution is -2.50. The highest BCUT2D eigenvalue weighted by atomic mass is 19.4. The Kier molecular flexibility index (Phi) is 4.90. The zero-order chi connectivity index (χ0) is 21.0. The van der Waals surface area contributed by atoms with Crippen LogP contribution in [-0.4, -0.2) is 36.5 Å². The summed E-state index contributed by atoms with van der Waals surface area (Å²) >= 11 is 0. The molecule has 2 atom stereocenters. The molecule has 0 unspecified atom stereocenters. The fraction of sp³-hybridized carbons (Fsp3) is 0.636. The number of amides is 1. The number of piperidine rings is 1. The van der Waals surface area contributed by atoms with E-state index >= 15 is 0 Å². The summed E-state index contributed by atoms with van der Waals surface area (Å²) in [5.74, 6) is -0.0393. The van der Waals surface area contributed by atoms with Gasteiger partial charge in [0.15, 0.2) is 0 Å². The summed E-state index contributed by atoms with van der Waals surface area (Å²) < 4.78 is 44.8. The molecule has 7 heteroatoms. The van der Waals surface area contributed by atoms with E-state index < -0.39 is 11.7 Å². The van der Waals surface area contributed by atoms with E-state index in [1.54, 1.807) is 12.1 Å². The molecular weight excluding hydrogens is 383 g/mol. The predicted octanol–water partition coefficient (Wildman–Crippen LogP) is 4.31. The molecular formula is C22H26F3NO3. The Balaban J connectivity index is 1.39. The number of halogens is 3. The number of carbonyl (C=O) groups excluding carboxylic acids is 2. The van der Waals surface area contributed by atoms with Crippen molar-refractivity contribution in [3.63, 3.8) is 0 Å². The first-order valence-electron chi connectivity index (χ1n) is 10.2. The van der Waals surface area contributed by atoms with Crippen LogP contribution in [0.25, 0.3) is 0 Å². The van der Waals surface area contributed by atoms with Crippen LogP contribution in [0.1, 0.15) is 55.2 Å². The second-order valence-corrected chi connectivity index (χ2v) is 9.17. The molecule has 158 valence electrons. The maximum Gasteiger partial charge on any atom is 0.416 e. The minimum Gasteiger partial charge on any atom is -0.465 e. The van der Waals surface area contributed by atoms with Gasteiger partial charge in [0.05, 0.1) is 18.6 Å². The molecule has 3 fully saturated rings. The van der Waals surface area contributed by atoms with Crippen LogP contribution in [0.5, 0.6) is 0 Å². The van der Waals surface area contributed by atoms with Gasteiger partial charge in [0.25, 0.3) is 0 Å². The zero-order valence-electron chi connectivity index (χ0n) is 16.7. The molecule has 1 amide bonds. The highest BCUT2D eigenvalue weighted by Gasteiger charge is 2.53. The average Bonchev–Trinajstić information content (AvgIpc) is 3.02. The van der Waals surface area contributed by atoms with Crippen LogP contribution in [-0.2, 0) is 20.5 Å². The molecule has 0 N–H and O–H groups in total. The number of aryl methyl sites for hydroxylation is 1. The van der Waals surface area contributed by atoms with Crippen LogP contribution in [0.4, 0.5) is 13.2 Å². The van der Waals surface area contributed by atoms with Gasteiger partial charge in [0, 0.05) is 24.4 Å². The van der Waals surface area contributed by atoms with Gasteiger partial charge in [-0.1, -0.05) is 19.1 Å². The van der Waals surface area contributed by atoms with Crippen LogP contribution in [0.3, 0.4) is 0 Å². The van der Waals surface area contributed by atoms with E-state index in [0.717, 1.165) is 0 Å². The summed E-state index contributed by atoms with van der Waals surface area (Å²) in [4.78, 5) is 26.1. The van der Waals surface area contributed by atoms with Crippen molar-refractivity contribution >= 4 is 11.9 Å². The van der Waals surface area contributed by atoms with Crippen LogP contribution in [0, 0.1) is 24.2 Å². The summed E-state index contributed by atoms with van der Waals surface area (Å²) in [6, 6.07) is 4.61. The highest BCUT2D eigenvalue weighted by Crippen LogP contribution is 2.52. The maximum atomic E-state index is 13.3. The fourth-order valence-electron chi connectivity index (χ4n) is 5.34. The summed E-state index contributed by atoms with van der Waals surface area (Å²) in [6.07, 6.45) is -1.90. The second kappa shape index (κ2) is 7.03. The standard InChI is InChI=1S/C22H26F3NO3/c1-13-3-4-15(7-18(13)22(23,24)25)17-5-6-26(11-14(17)2)20(28)16-8-21(9-16)10-19(27)29-12-21/h3-4,7,14,16-17H,5-6,8-12H2,1-2H3/t14-,16?,17+,21?/m0/s1. The minimum atomic E-state index is -4.36. The molecule has 4 nitrogen and oxygen atoms in total. The molecule has 29 heavy (non-hydrogen) atoms. The van der Waals surface area contributed by atoms with Crippen LogP contribution >= 0.6 is 0 Å². The quantitative estimate of drug-likeness (QED) is 0.684. The van der Waals surface area contributed by atoms with Crippen molar-refractivity contribution in [1.82, 2.24) is 4.90 Å². The molecule has 2 aliphatic heterocycles. The molecule has 0 radical (unpaired) electrons. The lowest BCUT2D eigenvalue weighted by Gasteiger charge is -2.46. The molecule has 1 aromatic rings. The van der Waals surface area contributed by atoms with E-state index in [0.29, 0.717) is 50.9 Å². The van der Waals surface area contributed by atoms with Crippen molar-refractivity contribution in [3.8, 4) is 0 Å². The number of likely N-dealkylation sites (tertiary alicyclic amines) is 1. The lowest BCUT2D eigenvalue weighted by atomic mass is 9.61. The monoisotopic (exact) mass is 409 g/mol. The van der Waals surface area contributed by atoms with Crippen molar-refractivity contribution in [2.24, 2.45) is 17.3 Å². The number of hydrogen-bond donors (Lipinski definition) is 0. The molecule has 2 saturated heterocycles. The van der Waals surface area contributed by atoms with Gasteiger partial charge < -0.3 is 9.64 Å². The van der Waals surface area contributed by atoms with Crippen LogP contribution in [0.2, 0.25) is 0 Å². The number of alkyl halides is 3. The molecule has 1 aliphatic carbocycles. The lowest BCUT2D eigenvalue weighted by molar-refractivity contribution is -0.145. The number of hydrogen-bond acceptors (Lipinski definition) is 3. The third-order valence-electron chi connectivity index (χ3n) is 6.98. The van der Waals surface area contributed by atoms with Crippen molar-refractivity contribution in [2.75, 3.05) is 19.7 Å². The molecule has 3 aliphatic rings. The number of cyclic esters (lactones) is 1. The SMILES string of the molecule is Cc1ccc([C@@H]2CCN(C(=O)C3CC4(COC(=O)C4)C3)C[C@@H]2C)cc1C(F)(F)F. The van der Waals surface area contributed by atoms with Crippen LogP contribution in [0.15, 0.2) is 18.2 Å². The van der Waals surface area contributed by atoms with Gasteiger partial charge in [-0.05, 0) is 55.2 Å². The molecule has 4 rings (SSSR count). The summed E-state index contributed by atoms with van der Waals surface area (Å²) in [6.45, 7) is 5.01. The Morgan fingerprint density at radius 3 is 2.59 bits per heavy atom. The summed E-state index contributed by atoms with van der Waals surface area (Å²) in [5.41, 5.74) is 0.215. The molecule has 0 aromatic heterocycles. The zero-order valence-corrected chi connectivity index (χ0v) is 16.7. The summed E-state index contributed by atoms with van der Waals surface area (Å²) in [5, 5.41) is 0. The number of nitrogens with zero attached hydrogens (tertiary/aromatic N) is 1. The Bertz CT molecular complexity index is 829. The third-order valence-corrected chi connectivity index (χ3v) is 6.98. The minimum absolute atomic E-state index is 0.00864. The number of esters is 1. The maximum absolute atomic E-state index is 13.3. The van der Waals surface area contributed by atoms with E-state index in [2.05, 4.69) is 0 Å². The summed E-state index contributed by atoms with van der Waals surface area (Å²) in [7, 11) is 0. The normalized spacial score (nSPS) is 32.2. The number of rotatable bonds is 2. The van der Waals surface area contributed by atoms with Crippen LogP contribution < -0.4 is 0 Å². The van der Waals surface area contributed by atoms with Gasteiger partial charge in [0.1, 0.15) is 0 Å². The Hall–Kier alpha value is -2.05. The first kappa shape index (κ1) is 20.2. The van der Waals surface area contributed by atoms with Gasteiger partial charge in [-0.25, -0.2) is 0 Å². The molecule has 1 saturated carbocycles. The second-order valence-electron chi connectivity index (χ2n) is 9.17. The van der Waals surface area contributed by atoms with E-state index in [9.17, 15) is 22.8 Å². The predicted molar refractivity (Wildman–Crippen MR) is 100 cm³/mol. The fourth-order valence-corrected chi connectivity index (χ4v) is 5.34. The smallest absolute Gasteiger partial charge is 0.416 e. The van der Waals surface area contributed by atoms with Gasteiger partial charge in [-0.2, -0.15) is 13.2 Å². The first-order valence-corrected chi connectivity index (χ1v) is 10.2. The van der Waals surface area contributed by atoms with Gasteiger partial charge in [-0.15, -0.1) is 0 Å². The van der Waals surface area contributed by atoms with E-state index in [1.165, 1.54) is 13.0 Å². The Morgan fingerprint density at radius 1 is 1.28 bits per heavy atom. The molecule has 2 heterocycles. The van der Waals surface area contributed by atoms with Crippen molar-refractivity contribution < 1.29 is 27.5 Å². The molecule has 0 bridgehead atoms. The Morgan fingerprint density at radius 2 is 2.00 bits per heavy atom. The highest BCUT2D eigenvalue weighted by molar-refractivity contribution is 5.81. The van der Waals surface area contributed by atoms with Crippen molar-refractivity contribution in [2.45, 2.75) is 51.6 Å². The largest absolute Gasteiger partial charge is 0.465 e. The van der Waals surface area contributed by atoms with E-state index in [4.69, 9.17) is 4.74 Å². The van der Waals surface area contributed by atoms with Crippen molar-refractivity contribution in [1.29, 1.82) is 0 Å². The van der Waals surface area contributed by atoms with Gasteiger partial charge in [-0.3, -0.25) is 9.59 Å². The third kappa shape index (κ3) is 3.76. The van der Waals surface area contributed by atoms with E-state index in [-0.39, 0.29) is 40.6 Å². The molecule has 1 aromatic carbocycles. The topological polar surface area (TPSA) is 46.6 Å². The number of ether oxygens (including phenoxy) is 1. The Labute approximate surface area is 168 Å². The number of benzene rings is 1. The van der Waals surface area contributed by atoms with E-state index in [1.807, 2.05) is 11.8 Å². The average molecular weight is 409 g/mol.